The van der Waals surface area contributed by atoms with E-state index < -0.39 is 0 Å². The van der Waals surface area contributed by atoms with E-state index in [0.29, 0.717) is 24.6 Å². The summed E-state index contributed by atoms with van der Waals surface area (Å²) in [6.45, 7) is 2.73. The number of benzene rings is 1. The van der Waals surface area contributed by atoms with Gasteiger partial charge in [-0.15, -0.1) is 5.10 Å². The Labute approximate surface area is 186 Å². The molecule has 4 heterocycles. The summed E-state index contributed by atoms with van der Waals surface area (Å²) in [6, 6.07) is 9.52. The maximum Gasteiger partial charge on any atom is 0.281 e. The van der Waals surface area contributed by atoms with Crippen LogP contribution in [0.5, 0.6) is 0 Å². The Kier molecular flexibility index (Phi) is 5.23. The lowest BCUT2D eigenvalue weighted by atomic mass is 10.1. The van der Waals surface area contributed by atoms with Gasteiger partial charge in [0.15, 0.2) is 11.4 Å². The van der Waals surface area contributed by atoms with Crippen LogP contribution in [0.15, 0.2) is 45.6 Å². The van der Waals surface area contributed by atoms with E-state index in [0.717, 1.165) is 17.5 Å². The number of aryl methyl sites for hydroxylation is 1. The zero-order valence-electron chi connectivity index (χ0n) is 17.2. The summed E-state index contributed by atoms with van der Waals surface area (Å²) in [5.41, 5.74) is 3.10. The van der Waals surface area contributed by atoms with Crippen molar-refractivity contribution in [3.63, 3.8) is 0 Å². The summed E-state index contributed by atoms with van der Waals surface area (Å²) in [4.78, 5) is 31.6. The van der Waals surface area contributed by atoms with E-state index in [1.807, 2.05) is 41.1 Å². The van der Waals surface area contributed by atoms with Gasteiger partial charge in [-0.25, -0.2) is 4.68 Å². The fourth-order valence-electron chi connectivity index (χ4n) is 3.51. The predicted molar refractivity (Wildman–Crippen MR) is 117 cm³/mol. The molecule has 0 atom stereocenters. The molecular formula is C21H19N7O3S. The number of anilines is 1. The van der Waals surface area contributed by atoms with Gasteiger partial charge in [-0.1, -0.05) is 29.4 Å². The van der Waals surface area contributed by atoms with Crippen molar-refractivity contribution >= 4 is 28.8 Å². The van der Waals surface area contributed by atoms with Crippen LogP contribution in [0.3, 0.4) is 0 Å². The zero-order chi connectivity index (χ0) is 22.1. The maximum atomic E-state index is 13.2. The standard InChI is InChI=1S/C21H19N7O3S/c1-2-13-4-3-5-15(10-13)22-16(29)11-27-7-8-28-18(21(27)30)17(24-26-28)20-23-19(25-31-20)14-6-9-32-12-14/h3-6,9-10,12H,2,7-8,11H2,1H3,(H,22,29). The van der Waals surface area contributed by atoms with Crippen molar-refractivity contribution in [2.24, 2.45) is 0 Å². The first-order chi connectivity index (χ1) is 15.6. The molecule has 0 saturated heterocycles. The first-order valence-corrected chi connectivity index (χ1v) is 11.0. The molecule has 0 radical (unpaired) electrons. The lowest BCUT2D eigenvalue weighted by molar-refractivity contribution is -0.117. The molecule has 10 nitrogen and oxygen atoms in total. The van der Waals surface area contributed by atoms with E-state index in [2.05, 4.69) is 32.7 Å². The van der Waals surface area contributed by atoms with E-state index in [4.69, 9.17) is 4.52 Å². The van der Waals surface area contributed by atoms with Crippen LogP contribution in [-0.4, -0.2) is 54.9 Å². The summed E-state index contributed by atoms with van der Waals surface area (Å²) in [6.07, 6.45) is 0.873. The lowest BCUT2D eigenvalue weighted by Gasteiger charge is -2.26. The van der Waals surface area contributed by atoms with Gasteiger partial charge >= 0.3 is 0 Å². The molecule has 0 unspecified atom stereocenters. The Bertz CT molecular complexity index is 1280. The van der Waals surface area contributed by atoms with Gasteiger partial charge < -0.3 is 14.7 Å². The minimum absolute atomic E-state index is 0.0796. The third kappa shape index (κ3) is 3.78. The number of thiophene rings is 1. The molecule has 0 fully saturated rings. The second-order valence-corrected chi connectivity index (χ2v) is 8.05. The van der Waals surface area contributed by atoms with E-state index >= 15 is 0 Å². The summed E-state index contributed by atoms with van der Waals surface area (Å²) < 4.78 is 6.85. The SMILES string of the molecule is CCc1cccc(NC(=O)CN2CCn3nnc(-c4nc(-c5ccsc5)no4)c3C2=O)c1. The smallest absolute Gasteiger partial charge is 0.281 e. The van der Waals surface area contributed by atoms with Crippen LogP contribution in [0.25, 0.3) is 23.0 Å². The number of hydrogen-bond donors (Lipinski definition) is 1. The highest BCUT2D eigenvalue weighted by atomic mass is 32.1. The molecule has 2 amide bonds. The van der Waals surface area contributed by atoms with Crippen LogP contribution in [0.1, 0.15) is 23.0 Å². The van der Waals surface area contributed by atoms with Crippen LogP contribution < -0.4 is 5.32 Å². The number of carbonyl (C=O) groups excluding carboxylic acids is 2. The monoisotopic (exact) mass is 449 g/mol. The number of aromatic nitrogens is 5. The highest BCUT2D eigenvalue weighted by Crippen LogP contribution is 2.26. The summed E-state index contributed by atoms with van der Waals surface area (Å²) in [7, 11) is 0. The van der Waals surface area contributed by atoms with Crippen molar-refractivity contribution in [1.29, 1.82) is 0 Å². The summed E-state index contributed by atoms with van der Waals surface area (Å²) in [5.74, 6) is -0.101. The van der Waals surface area contributed by atoms with Crippen LogP contribution in [0.2, 0.25) is 0 Å². The van der Waals surface area contributed by atoms with Gasteiger partial charge in [0.25, 0.3) is 11.8 Å². The van der Waals surface area contributed by atoms with E-state index in [-0.39, 0.29) is 35.6 Å². The van der Waals surface area contributed by atoms with Crippen molar-refractivity contribution in [1.82, 2.24) is 30.0 Å². The van der Waals surface area contributed by atoms with Gasteiger partial charge in [-0.3, -0.25) is 9.59 Å². The minimum Gasteiger partial charge on any atom is -0.332 e. The first-order valence-electron chi connectivity index (χ1n) is 10.1. The van der Waals surface area contributed by atoms with Crippen molar-refractivity contribution in [2.75, 3.05) is 18.4 Å². The average molecular weight is 449 g/mol. The fourth-order valence-corrected chi connectivity index (χ4v) is 4.15. The average Bonchev–Trinajstić information content (AvgIpc) is 3.55. The van der Waals surface area contributed by atoms with Crippen molar-refractivity contribution in [3.8, 4) is 23.0 Å². The molecule has 32 heavy (non-hydrogen) atoms. The third-order valence-electron chi connectivity index (χ3n) is 5.17. The molecule has 0 spiro atoms. The van der Waals surface area contributed by atoms with Crippen molar-refractivity contribution < 1.29 is 14.1 Å². The van der Waals surface area contributed by atoms with Gasteiger partial charge in [0.1, 0.15) is 6.54 Å². The number of amides is 2. The van der Waals surface area contributed by atoms with Gasteiger partial charge in [0.2, 0.25) is 11.7 Å². The predicted octanol–water partition coefficient (Wildman–Crippen LogP) is 2.71. The van der Waals surface area contributed by atoms with Gasteiger partial charge in [-0.05, 0) is 35.6 Å². The number of hydrogen-bond acceptors (Lipinski definition) is 8. The molecule has 0 bridgehead atoms. The Morgan fingerprint density at radius 3 is 3.00 bits per heavy atom. The molecule has 11 heteroatoms. The number of rotatable bonds is 6. The number of fused-ring (bicyclic) bond motifs is 1. The lowest BCUT2D eigenvalue weighted by Crippen LogP contribution is -2.44. The van der Waals surface area contributed by atoms with Gasteiger partial charge in [0.05, 0.1) is 6.54 Å². The Morgan fingerprint density at radius 1 is 1.28 bits per heavy atom. The molecule has 0 saturated carbocycles. The molecule has 162 valence electrons. The van der Waals surface area contributed by atoms with Crippen molar-refractivity contribution in [2.45, 2.75) is 19.9 Å². The second kappa shape index (κ2) is 8.35. The van der Waals surface area contributed by atoms with Crippen LogP contribution in [-0.2, 0) is 17.8 Å². The third-order valence-corrected chi connectivity index (χ3v) is 5.85. The molecule has 1 aliphatic heterocycles. The van der Waals surface area contributed by atoms with E-state index in [1.165, 1.54) is 20.9 Å². The first kappa shape index (κ1) is 20.1. The normalized spacial score (nSPS) is 13.3. The fraction of sp³-hybridized carbons (Fsp3) is 0.238. The van der Waals surface area contributed by atoms with Crippen LogP contribution in [0, 0.1) is 0 Å². The molecule has 4 aromatic rings. The van der Waals surface area contributed by atoms with Crippen LogP contribution >= 0.6 is 11.3 Å². The Hall–Kier alpha value is -3.86. The van der Waals surface area contributed by atoms with Gasteiger partial charge in [-0.2, -0.15) is 16.3 Å². The molecule has 1 N–H and O–H groups in total. The van der Waals surface area contributed by atoms with Crippen LogP contribution in [0.4, 0.5) is 5.69 Å². The molecular weight excluding hydrogens is 430 g/mol. The number of carbonyl (C=O) groups is 2. The highest BCUT2D eigenvalue weighted by Gasteiger charge is 2.33. The summed E-state index contributed by atoms with van der Waals surface area (Å²) >= 11 is 1.52. The highest BCUT2D eigenvalue weighted by molar-refractivity contribution is 7.08. The number of nitrogens with one attached hydrogen (secondary N) is 1. The number of nitrogens with zero attached hydrogens (tertiary/aromatic N) is 6. The molecule has 0 aliphatic carbocycles. The Morgan fingerprint density at radius 2 is 2.19 bits per heavy atom. The van der Waals surface area contributed by atoms with Crippen molar-refractivity contribution in [3.05, 3.63) is 52.3 Å². The second-order valence-electron chi connectivity index (χ2n) is 7.27. The molecule has 5 rings (SSSR count). The summed E-state index contributed by atoms with van der Waals surface area (Å²) in [5, 5.41) is 18.8. The Balaban J connectivity index is 1.33. The zero-order valence-corrected chi connectivity index (χ0v) is 18.0. The van der Waals surface area contributed by atoms with E-state index in [9.17, 15) is 9.59 Å². The van der Waals surface area contributed by atoms with Gasteiger partial charge in [0, 0.05) is 23.2 Å². The topological polar surface area (TPSA) is 119 Å². The molecule has 1 aromatic carbocycles. The van der Waals surface area contributed by atoms with E-state index in [1.54, 1.807) is 0 Å². The maximum absolute atomic E-state index is 13.2. The largest absolute Gasteiger partial charge is 0.332 e. The molecule has 1 aliphatic rings. The minimum atomic E-state index is -0.357. The quantitative estimate of drug-likeness (QED) is 0.481. The molecule has 3 aromatic heterocycles.